The minimum Gasteiger partial charge on any atom is -0.388 e. The minimum atomic E-state index is -0.413. The molecule has 5 heteroatoms. The molecule has 0 fully saturated rings. The van der Waals surface area contributed by atoms with Gasteiger partial charge in [-0.2, -0.15) is 0 Å². The number of aliphatic hydroxyl groups is 1. The first-order valence-corrected chi connectivity index (χ1v) is 29.8. The van der Waals surface area contributed by atoms with Crippen LogP contribution in [0.5, 0.6) is 0 Å². The quantitative estimate of drug-likeness (QED) is 0.120. The lowest BCUT2D eigenvalue weighted by molar-refractivity contribution is 0.0903. The Balaban J connectivity index is -0.000000391. The molecule has 1 aliphatic rings. The van der Waals surface area contributed by atoms with Gasteiger partial charge in [0.1, 0.15) is 6.61 Å². The first-order chi connectivity index (χ1) is 35.1. The van der Waals surface area contributed by atoms with E-state index in [1.165, 1.54) is 66.1 Å². The SMILES string of the molecule is CC.CC.CC.CC.CC.CCC(C)c1ccc(Cl)cc1.CCC(C)c1cccc(Br)c1.CCC(C)c1cccc(C(=O)CO)c1.CCC(C)c1cccc(C(C)=O)c1.CCC(C)c1cccc2c1CCCC2. The Kier molecular flexibility index (Phi) is 50.9. The zero-order valence-electron chi connectivity index (χ0n) is 50.4. The van der Waals surface area contributed by atoms with Gasteiger partial charge in [-0.05, 0) is 170 Å². The van der Waals surface area contributed by atoms with Crippen molar-refractivity contribution in [3.63, 3.8) is 0 Å². The molecule has 5 atom stereocenters. The molecule has 0 bridgehead atoms. The van der Waals surface area contributed by atoms with Crippen molar-refractivity contribution >= 4 is 39.1 Å². The molecule has 1 aliphatic carbocycles. The molecule has 0 heterocycles. The van der Waals surface area contributed by atoms with Crippen LogP contribution < -0.4 is 0 Å². The van der Waals surface area contributed by atoms with Gasteiger partial charge in [-0.25, -0.2) is 0 Å². The second-order valence-corrected chi connectivity index (χ2v) is 18.6. The largest absolute Gasteiger partial charge is 0.388 e. The summed E-state index contributed by atoms with van der Waals surface area (Å²) in [6.45, 7) is 43.3. The van der Waals surface area contributed by atoms with Crippen molar-refractivity contribution in [3.05, 3.63) is 175 Å². The van der Waals surface area contributed by atoms with Crippen LogP contribution in [-0.2, 0) is 12.8 Å². The van der Waals surface area contributed by atoms with E-state index in [-0.39, 0.29) is 11.6 Å². The van der Waals surface area contributed by atoms with Gasteiger partial charge in [-0.3, -0.25) is 9.59 Å². The van der Waals surface area contributed by atoms with E-state index in [0.29, 0.717) is 29.2 Å². The molecular weight excluding hydrogens is 980 g/mol. The van der Waals surface area contributed by atoms with Crippen molar-refractivity contribution in [2.24, 2.45) is 0 Å². The second-order valence-electron chi connectivity index (χ2n) is 17.2. The van der Waals surface area contributed by atoms with Crippen LogP contribution >= 0.6 is 27.5 Å². The van der Waals surface area contributed by atoms with Gasteiger partial charge in [-0.15, -0.1) is 0 Å². The van der Waals surface area contributed by atoms with Crippen LogP contribution in [0.25, 0.3) is 0 Å². The first-order valence-electron chi connectivity index (χ1n) is 28.6. The predicted molar refractivity (Wildman–Crippen MR) is 333 cm³/mol. The third kappa shape index (κ3) is 31.6. The van der Waals surface area contributed by atoms with Crippen LogP contribution in [0.3, 0.4) is 0 Å². The fourth-order valence-corrected chi connectivity index (χ4v) is 7.76. The number of hydrogen-bond donors (Lipinski definition) is 1. The summed E-state index contributed by atoms with van der Waals surface area (Å²) in [7, 11) is 0. The van der Waals surface area contributed by atoms with Crippen LogP contribution in [0.1, 0.15) is 280 Å². The molecule has 0 spiro atoms. The summed E-state index contributed by atoms with van der Waals surface area (Å²) >= 11 is 9.22. The van der Waals surface area contributed by atoms with E-state index >= 15 is 0 Å². The Morgan fingerprint density at radius 3 is 1.30 bits per heavy atom. The second kappa shape index (κ2) is 49.1. The molecule has 73 heavy (non-hydrogen) atoms. The third-order valence-electron chi connectivity index (χ3n) is 12.7. The maximum atomic E-state index is 11.2. The third-order valence-corrected chi connectivity index (χ3v) is 13.4. The van der Waals surface area contributed by atoms with Gasteiger partial charge in [0.05, 0.1) is 0 Å². The van der Waals surface area contributed by atoms with E-state index in [9.17, 15) is 9.59 Å². The van der Waals surface area contributed by atoms with Crippen molar-refractivity contribution in [2.45, 2.75) is 233 Å². The topological polar surface area (TPSA) is 54.4 Å². The Morgan fingerprint density at radius 2 is 0.877 bits per heavy atom. The molecule has 3 nitrogen and oxygen atoms in total. The summed E-state index contributed by atoms with van der Waals surface area (Å²) in [6, 6.07) is 38.9. The maximum absolute atomic E-state index is 11.2. The van der Waals surface area contributed by atoms with Gasteiger partial charge in [0.25, 0.3) is 0 Å². The van der Waals surface area contributed by atoms with Crippen LogP contribution in [0.15, 0.2) is 120 Å². The molecular formula is C68H108BrClO3. The van der Waals surface area contributed by atoms with Crippen LogP contribution in [-0.4, -0.2) is 23.3 Å². The van der Waals surface area contributed by atoms with Crippen molar-refractivity contribution in [1.82, 2.24) is 0 Å². The molecule has 0 radical (unpaired) electrons. The zero-order valence-corrected chi connectivity index (χ0v) is 52.8. The number of carbonyl (C=O) groups is 2. The Hall–Kier alpha value is -3.83. The molecule has 0 aliphatic heterocycles. The number of rotatable bonds is 13. The minimum absolute atomic E-state index is 0.144. The number of aliphatic hydroxyl groups excluding tert-OH is 1. The Labute approximate surface area is 465 Å². The standard InChI is InChI=1S/C14H20.C12H16O2.C12H16O.C10H13Br.C10H13Cl.5C2H6/c1-3-11(2)13-10-6-8-12-7-4-5-9-14(12)13;1-3-9(2)10-5-4-6-11(7-10)12(14)8-13;1-4-9(2)11-6-5-7-12(8-11)10(3)13;1-3-8(2)9-5-4-6-10(11)7-9;1-3-8(2)9-4-6-10(11)7-5-9;5*1-2/h6,8,10-11H,3-5,7,9H2,1-2H3;4-7,9,13H,3,8H2,1-2H3;5-9H,4H2,1-3H3;2*4-8H,3H2,1-2H3;5*1-2H3. The lowest BCUT2D eigenvalue weighted by Crippen LogP contribution is -2.07. The van der Waals surface area contributed by atoms with Crippen LogP contribution in [0.2, 0.25) is 5.02 Å². The van der Waals surface area contributed by atoms with E-state index in [1.54, 1.807) is 29.7 Å². The summed E-state index contributed by atoms with van der Waals surface area (Å²) in [4.78, 5) is 22.3. The van der Waals surface area contributed by atoms with Gasteiger partial charge in [0.15, 0.2) is 11.6 Å². The zero-order chi connectivity index (χ0) is 56.9. The average Bonchev–Trinajstić information content (AvgIpc) is 3.47. The van der Waals surface area contributed by atoms with E-state index < -0.39 is 6.61 Å². The van der Waals surface area contributed by atoms with Crippen molar-refractivity contribution in [2.75, 3.05) is 6.61 Å². The van der Waals surface area contributed by atoms with Gasteiger partial charge in [0.2, 0.25) is 0 Å². The fourth-order valence-electron chi connectivity index (χ4n) is 7.21. The molecule has 6 rings (SSSR count). The highest BCUT2D eigenvalue weighted by molar-refractivity contribution is 9.10. The number of aryl methyl sites for hydroxylation is 1. The van der Waals surface area contributed by atoms with Crippen molar-refractivity contribution in [1.29, 1.82) is 0 Å². The van der Waals surface area contributed by atoms with Crippen LogP contribution in [0, 0.1) is 0 Å². The molecule has 0 saturated heterocycles. The number of Topliss-reactive ketones (excluding diaryl/α,β-unsaturated/α-hetero) is 2. The number of carbonyl (C=O) groups excluding carboxylic acids is 2. The van der Waals surface area contributed by atoms with E-state index in [0.717, 1.165) is 34.9 Å². The first kappa shape index (κ1) is 75.7. The number of fused-ring (bicyclic) bond motifs is 1. The van der Waals surface area contributed by atoms with Crippen LogP contribution in [0.4, 0.5) is 0 Å². The summed E-state index contributed by atoms with van der Waals surface area (Å²) in [5, 5.41) is 9.54. The smallest absolute Gasteiger partial charge is 0.188 e. The molecule has 1 N–H and O–H groups in total. The van der Waals surface area contributed by atoms with Gasteiger partial charge in [0, 0.05) is 20.6 Å². The van der Waals surface area contributed by atoms with Crippen molar-refractivity contribution < 1.29 is 14.7 Å². The summed E-state index contributed by atoms with van der Waals surface area (Å²) in [5.74, 6) is 2.99. The molecule has 0 amide bonds. The van der Waals surface area contributed by atoms with Gasteiger partial charge >= 0.3 is 0 Å². The summed E-state index contributed by atoms with van der Waals surface area (Å²) in [5.41, 5.74) is 11.5. The van der Waals surface area contributed by atoms with E-state index in [2.05, 4.69) is 146 Å². The molecule has 5 unspecified atom stereocenters. The number of benzene rings is 5. The molecule has 5 aromatic rings. The number of ketones is 2. The highest BCUT2D eigenvalue weighted by atomic mass is 79.9. The normalized spacial score (nSPS) is 12.3. The van der Waals surface area contributed by atoms with Gasteiger partial charge < -0.3 is 5.11 Å². The summed E-state index contributed by atoms with van der Waals surface area (Å²) < 4.78 is 1.18. The summed E-state index contributed by atoms with van der Waals surface area (Å²) in [6.07, 6.45) is 11.2. The van der Waals surface area contributed by atoms with E-state index in [1.807, 2.05) is 118 Å². The van der Waals surface area contributed by atoms with E-state index in [4.69, 9.17) is 16.7 Å². The molecule has 0 aromatic heterocycles. The van der Waals surface area contributed by atoms with Gasteiger partial charge in [-0.1, -0.05) is 245 Å². The number of hydrogen-bond acceptors (Lipinski definition) is 3. The lowest BCUT2D eigenvalue weighted by Gasteiger charge is -2.22. The molecule has 412 valence electrons. The monoisotopic (exact) mass is 1090 g/mol. The highest BCUT2D eigenvalue weighted by Crippen LogP contribution is 2.30. The Bertz CT molecular complexity index is 2070. The molecule has 5 aromatic carbocycles. The lowest BCUT2D eigenvalue weighted by atomic mass is 9.83. The fraction of sp³-hybridized carbons (Fsp3) is 0.529. The maximum Gasteiger partial charge on any atom is 0.188 e. The predicted octanol–water partition coefficient (Wildman–Crippen LogP) is 22.8. The van der Waals surface area contributed by atoms with Crippen molar-refractivity contribution in [3.8, 4) is 0 Å². The average molecular weight is 1090 g/mol. The Morgan fingerprint density at radius 1 is 0.493 bits per heavy atom. The number of halogens is 2. The molecule has 0 saturated carbocycles. The highest BCUT2D eigenvalue weighted by Gasteiger charge is 2.15.